The van der Waals surface area contributed by atoms with Crippen molar-refractivity contribution in [3.63, 3.8) is 0 Å². The second-order valence-electron chi connectivity index (χ2n) is 6.53. The highest BCUT2D eigenvalue weighted by atomic mass is 32.2. The van der Waals surface area contributed by atoms with E-state index in [9.17, 15) is 9.18 Å². The zero-order chi connectivity index (χ0) is 20.8. The standard InChI is InChI=1S/C23H18FN3OS2/c24-19-13-11-16(12-14-19)15-29-23-27-26-22(30-23)25-21(28)20(17-7-3-1-4-8-17)18-9-5-2-6-10-18/h1-14,20H,15H2,(H,25,26,28). The van der Waals surface area contributed by atoms with Gasteiger partial charge in [-0.3, -0.25) is 10.1 Å². The number of amides is 1. The van der Waals surface area contributed by atoms with Crippen molar-refractivity contribution >= 4 is 34.1 Å². The van der Waals surface area contributed by atoms with Crippen LogP contribution in [0.1, 0.15) is 22.6 Å². The van der Waals surface area contributed by atoms with Gasteiger partial charge in [-0.2, -0.15) is 0 Å². The Bertz CT molecular complexity index is 1060. The van der Waals surface area contributed by atoms with Gasteiger partial charge in [0.1, 0.15) is 5.82 Å². The van der Waals surface area contributed by atoms with Crippen LogP contribution in [0.15, 0.2) is 89.3 Å². The average molecular weight is 436 g/mol. The van der Waals surface area contributed by atoms with E-state index in [-0.39, 0.29) is 11.7 Å². The Hall–Kier alpha value is -3.03. The molecular formula is C23H18FN3OS2. The van der Waals surface area contributed by atoms with E-state index in [1.807, 2.05) is 60.7 Å². The van der Waals surface area contributed by atoms with Gasteiger partial charge in [-0.05, 0) is 28.8 Å². The fourth-order valence-electron chi connectivity index (χ4n) is 3.01. The summed E-state index contributed by atoms with van der Waals surface area (Å²) in [6.07, 6.45) is 0. The van der Waals surface area contributed by atoms with Crippen LogP contribution in [0.2, 0.25) is 0 Å². The van der Waals surface area contributed by atoms with Crippen LogP contribution in [-0.4, -0.2) is 16.1 Å². The number of aromatic nitrogens is 2. The highest BCUT2D eigenvalue weighted by Gasteiger charge is 2.23. The number of rotatable bonds is 7. The first-order valence-electron chi connectivity index (χ1n) is 9.30. The first-order chi connectivity index (χ1) is 14.7. The zero-order valence-electron chi connectivity index (χ0n) is 15.9. The average Bonchev–Trinajstić information content (AvgIpc) is 3.22. The number of hydrogen-bond donors (Lipinski definition) is 1. The minimum atomic E-state index is -0.438. The van der Waals surface area contributed by atoms with Gasteiger partial charge in [0, 0.05) is 5.75 Å². The van der Waals surface area contributed by atoms with E-state index in [2.05, 4.69) is 15.5 Å². The Labute approximate surface area is 182 Å². The van der Waals surface area contributed by atoms with Gasteiger partial charge in [-0.1, -0.05) is 95.9 Å². The van der Waals surface area contributed by atoms with Crippen LogP contribution in [0.3, 0.4) is 0 Å². The second kappa shape index (κ2) is 9.65. The van der Waals surface area contributed by atoms with Gasteiger partial charge in [0.05, 0.1) is 5.92 Å². The molecule has 30 heavy (non-hydrogen) atoms. The predicted octanol–water partition coefficient (Wildman–Crippen LogP) is 5.74. The number of halogens is 1. The Morgan fingerprint density at radius 2 is 1.50 bits per heavy atom. The van der Waals surface area contributed by atoms with Crippen LogP contribution in [0, 0.1) is 5.82 Å². The fraction of sp³-hybridized carbons (Fsp3) is 0.0870. The molecule has 0 fully saturated rings. The van der Waals surface area contributed by atoms with Gasteiger partial charge in [0.15, 0.2) is 4.34 Å². The third-order valence-electron chi connectivity index (χ3n) is 4.44. The van der Waals surface area contributed by atoms with Crippen LogP contribution in [0.25, 0.3) is 0 Å². The molecule has 4 nitrogen and oxygen atoms in total. The second-order valence-corrected chi connectivity index (χ2v) is 8.73. The maximum atomic E-state index is 13.1. The SMILES string of the molecule is O=C(Nc1nnc(SCc2ccc(F)cc2)s1)C(c1ccccc1)c1ccccc1. The summed E-state index contributed by atoms with van der Waals surface area (Å²) in [5.74, 6) is -0.194. The molecule has 1 amide bonds. The number of carbonyl (C=O) groups is 1. The number of benzene rings is 3. The van der Waals surface area contributed by atoms with Crippen LogP contribution < -0.4 is 5.32 Å². The number of carbonyl (C=O) groups excluding carboxylic acids is 1. The van der Waals surface area contributed by atoms with Gasteiger partial charge in [0.2, 0.25) is 11.0 Å². The lowest BCUT2D eigenvalue weighted by Crippen LogP contribution is -2.22. The first kappa shape index (κ1) is 20.3. The van der Waals surface area contributed by atoms with Gasteiger partial charge in [0.25, 0.3) is 0 Å². The van der Waals surface area contributed by atoms with Crippen LogP contribution in [0.5, 0.6) is 0 Å². The zero-order valence-corrected chi connectivity index (χ0v) is 17.5. The van der Waals surface area contributed by atoms with Gasteiger partial charge >= 0.3 is 0 Å². The molecule has 0 bridgehead atoms. The number of thioether (sulfide) groups is 1. The Morgan fingerprint density at radius 1 is 0.900 bits per heavy atom. The molecule has 7 heteroatoms. The number of anilines is 1. The van der Waals surface area contributed by atoms with Crippen molar-refractivity contribution in [1.82, 2.24) is 10.2 Å². The first-order valence-corrected chi connectivity index (χ1v) is 11.1. The Morgan fingerprint density at radius 3 is 2.10 bits per heavy atom. The van der Waals surface area contributed by atoms with Crippen molar-refractivity contribution in [1.29, 1.82) is 0 Å². The predicted molar refractivity (Wildman–Crippen MR) is 119 cm³/mol. The van der Waals surface area contributed by atoms with Gasteiger partial charge < -0.3 is 0 Å². The van der Waals surface area contributed by atoms with Crippen LogP contribution in [0.4, 0.5) is 9.52 Å². The summed E-state index contributed by atoms with van der Waals surface area (Å²) in [7, 11) is 0. The molecule has 0 atom stereocenters. The summed E-state index contributed by atoms with van der Waals surface area (Å²) in [4.78, 5) is 13.1. The summed E-state index contributed by atoms with van der Waals surface area (Å²) in [6, 6.07) is 25.7. The molecule has 0 saturated heterocycles. The van der Waals surface area contributed by atoms with Crippen LogP contribution in [-0.2, 0) is 10.5 Å². The Balaban J connectivity index is 1.46. The van der Waals surface area contributed by atoms with E-state index in [4.69, 9.17) is 0 Å². The summed E-state index contributed by atoms with van der Waals surface area (Å²) in [6.45, 7) is 0. The number of hydrogen-bond acceptors (Lipinski definition) is 5. The lowest BCUT2D eigenvalue weighted by atomic mass is 9.90. The molecular weight excluding hydrogens is 417 g/mol. The highest BCUT2D eigenvalue weighted by Crippen LogP contribution is 2.30. The molecule has 1 aromatic heterocycles. The largest absolute Gasteiger partial charge is 0.300 e. The lowest BCUT2D eigenvalue weighted by molar-refractivity contribution is -0.116. The molecule has 1 heterocycles. The van der Waals surface area contributed by atoms with Gasteiger partial charge in [-0.25, -0.2) is 4.39 Å². The van der Waals surface area contributed by atoms with Crippen molar-refractivity contribution in [2.45, 2.75) is 16.0 Å². The van der Waals surface area contributed by atoms with E-state index in [1.165, 1.54) is 35.2 Å². The normalized spacial score (nSPS) is 10.9. The molecule has 0 radical (unpaired) electrons. The molecule has 1 N–H and O–H groups in total. The molecule has 0 aliphatic heterocycles. The smallest absolute Gasteiger partial charge is 0.238 e. The van der Waals surface area contributed by atoms with Crippen molar-refractivity contribution in [3.8, 4) is 0 Å². The van der Waals surface area contributed by atoms with Crippen LogP contribution >= 0.6 is 23.1 Å². The molecule has 0 aliphatic carbocycles. The third-order valence-corrected chi connectivity index (χ3v) is 6.48. The monoisotopic (exact) mass is 435 g/mol. The lowest BCUT2D eigenvalue weighted by Gasteiger charge is -2.16. The van der Waals surface area contributed by atoms with E-state index in [0.717, 1.165) is 21.0 Å². The molecule has 150 valence electrons. The molecule has 4 rings (SSSR count). The molecule has 4 aromatic rings. The molecule has 0 unspecified atom stereocenters. The van der Waals surface area contributed by atoms with E-state index in [1.54, 1.807) is 12.1 Å². The Kier molecular flexibility index (Phi) is 6.51. The van der Waals surface area contributed by atoms with Crippen molar-refractivity contribution in [2.75, 3.05) is 5.32 Å². The number of nitrogens with one attached hydrogen (secondary N) is 1. The maximum Gasteiger partial charge on any atom is 0.238 e. The van der Waals surface area contributed by atoms with E-state index < -0.39 is 5.92 Å². The quantitative estimate of drug-likeness (QED) is 0.297. The van der Waals surface area contributed by atoms with Crippen molar-refractivity contribution in [3.05, 3.63) is 107 Å². The van der Waals surface area contributed by atoms with Crippen molar-refractivity contribution in [2.24, 2.45) is 0 Å². The van der Waals surface area contributed by atoms with Crippen molar-refractivity contribution < 1.29 is 9.18 Å². The topological polar surface area (TPSA) is 54.9 Å². The van der Waals surface area contributed by atoms with Gasteiger partial charge in [-0.15, -0.1) is 10.2 Å². The number of nitrogens with zero attached hydrogens (tertiary/aromatic N) is 2. The third kappa shape index (κ3) is 5.11. The van der Waals surface area contributed by atoms with E-state index >= 15 is 0 Å². The molecule has 0 spiro atoms. The molecule has 3 aromatic carbocycles. The minimum Gasteiger partial charge on any atom is -0.300 e. The summed E-state index contributed by atoms with van der Waals surface area (Å²) >= 11 is 2.83. The molecule has 0 saturated carbocycles. The maximum absolute atomic E-state index is 13.1. The highest BCUT2D eigenvalue weighted by molar-refractivity contribution is 8.00. The summed E-state index contributed by atoms with van der Waals surface area (Å²) in [5.41, 5.74) is 2.82. The summed E-state index contributed by atoms with van der Waals surface area (Å²) < 4.78 is 13.8. The minimum absolute atomic E-state index is 0.154. The molecule has 0 aliphatic rings. The summed E-state index contributed by atoms with van der Waals surface area (Å²) in [5, 5.41) is 11.6. The van der Waals surface area contributed by atoms with E-state index in [0.29, 0.717) is 10.9 Å². The fourth-order valence-corrected chi connectivity index (χ4v) is 4.72.